The summed E-state index contributed by atoms with van der Waals surface area (Å²) in [5.41, 5.74) is 0.193. The molecule has 0 atom stereocenters. The van der Waals surface area contributed by atoms with Crippen molar-refractivity contribution in [1.82, 2.24) is 20.2 Å². The fourth-order valence-corrected chi connectivity index (χ4v) is 2.69. The molecule has 0 fully saturated rings. The van der Waals surface area contributed by atoms with Gasteiger partial charge in [0.05, 0.1) is 18.7 Å². The van der Waals surface area contributed by atoms with E-state index in [2.05, 4.69) is 15.3 Å². The van der Waals surface area contributed by atoms with Gasteiger partial charge < -0.3 is 10.2 Å². The Morgan fingerprint density at radius 2 is 2.00 bits per heavy atom. The lowest BCUT2D eigenvalue weighted by Crippen LogP contribution is -2.36. The molecule has 2 aromatic heterocycles. The number of carbonyl (C=O) groups is 1. The van der Waals surface area contributed by atoms with Gasteiger partial charge in [0.25, 0.3) is 0 Å². The highest BCUT2D eigenvalue weighted by molar-refractivity contribution is 7.10. The van der Waals surface area contributed by atoms with Gasteiger partial charge in [-0.25, -0.2) is 14.8 Å². The van der Waals surface area contributed by atoms with Crippen LogP contribution in [0.3, 0.4) is 0 Å². The van der Waals surface area contributed by atoms with Gasteiger partial charge in [-0.05, 0) is 23.9 Å². The predicted octanol–water partition coefficient (Wildman–Crippen LogP) is 3.21. The molecule has 0 aliphatic carbocycles. The Labute approximate surface area is 135 Å². The maximum Gasteiger partial charge on any atom is 0.419 e. The Morgan fingerprint density at radius 1 is 1.35 bits per heavy atom. The number of rotatable bonds is 4. The van der Waals surface area contributed by atoms with Gasteiger partial charge in [0.2, 0.25) is 0 Å². The van der Waals surface area contributed by atoms with E-state index in [1.54, 1.807) is 18.4 Å². The second-order valence-electron chi connectivity index (χ2n) is 4.93. The molecular weight excluding hydrogens is 329 g/mol. The van der Waals surface area contributed by atoms with E-state index in [0.29, 0.717) is 18.9 Å². The summed E-state index contributed by atoms with van der Waals surface area (Å²) >= 11 is 1.56. The summed E-state index contributed by atoms with van der Waals surface area (Å²) in [4.78, 5) is 21.7. The van der Waals surface area contributed by atoms with Crippen molar-refractivity contribution in [2.24, 2.45) is 0 Å². The lowest BCUT2D eigenvalue weighted by molar-refractivity contribution is -0.138. The number of hydrogen-bond donors (Lipinski definition) is 1. The lowest BCUT2D eigenvalue weighted by Gasteiger charge is -2.17. The van der Waals surface area contributed by atoms with E-state index in [1.807, 2.05) is 18.4 Å². The fraction of sp³-hybridized carbons (Fsp3) is 0.357. The maximum absolute atomic E-state index is 12.4. The van der Waals surface area contributed by atoms with Crippen molar-refractivity contribution in [1.29, 1.82) is 0 Å². The first-order valence-electron chi connectivity index (χ1n) is 6.67. The maximum atomic E-state index is 12.4. The largest absolute Gasteiger partial charge is 0.419 e. The number of nitrogens with zero attached hydrogens (tertiary/aromatic N) is 3. The molecule has 0 saturated carbocycles. The molecule has 23 heavy (non-hydrogen) atoms. The lowest BCUT2D eigenvalue weighted by atomic mass is 10.3. The summed E-state index contributed by atoms with van der Waals surface area (Å²) in [5, 5.41) is 4.53. The molecule has 0 aliphatic rings. The van der Waals surface area contributed by atoms with E-state index < -0.39 is 11.7 Å². The highest BCUT2D eigenvalue weighted by Crippen LogP contribution is 2.27. The molecule has 1 N–H and O–H groups in total. The second kappa shape index (κ2) is 6.95. The molecule has 0 bridgehead atoms. The van der Waals surface area contributed by atoms with Crippen LogP contribution in [0.15, 0.2) is 23.8 Å². The molecule has 0 saturated heterocycles. The van der Waals surface area contributed by atoms with Crippen LogP contribution in [0.4, 0.5) is 18.0 Å². The molecule has 0 spiro atoms. The predicted molar refractivity (Wildman–Crippen MR) is 79.8 cm³/mol. The van der Waals surface area contributed by atoms with Gasteiger partial charge in [-0.1, -0.05) is 0 Å². The third-order valence-corrected chi connectivity index (χ3v) is 4.13. The monoisotopic (exact) mass is 344 g/mol. The SMILES string of the molecule is Cc1ccsc1CN(C)C(=O)NCc1ncc(C(F)(F)F)cn1. The summed E-state index contributed by atoms with van der Waals surface area (Å²) in [5.74, 6) is 0.118. The Kier molecular flexibility index (Phi) is 5.19. The number of alkyl halides is 3. The zero-order valence-electron chi connectivity index (χ0n) is 12.5. The third kappa shape index (κ3) is 4.65. The Hall–Kier alpha value is -2.16. The molecule has 124 valence electrons. The highest BCUT2D eigenvalue weighted by Gasteiger charge is 2.31. The summed E-state index contributed by atoms with van der Waals surface area (Å²) < 4.78 is 37.2. The molecule has 2 aromatic rings. The molecule has 0 radical (unpaired) electrons. The first-order valence-corrected chi connectivity index (χ1v) is 7.55. The molecule has 0 unspecified atom stereocenters. The standard InChI is InChI=1S/C14H15F3N4OS/c1-9-3-4-23-11(9)8-21(2)13(22)20-7-12-18-5-10(6-19-12)14(15,16)17/h3-6H,7-8H2,1-2H3,(H,20,22). The number of hydrogen-bond acceptors (Lipinski definition) is 4. The first kappa shape index (κ1) is 17.2. The number of aryl methyl sites for hydroxylation is 1. The minimum atomic E-state index is -4.47. The van der Waals surface area contributed by atoms with Gasteiger partial charge in [0.1, 0.15) is 5.82 Å². The Bertz CT molecular complexity index is 669. The van der Waals surface area contributed by atoms with Gasteiger partial charge in [0.15, 0.2) is 0 Å². The number of urea groups is 1. The molecule has 2 heterocycles. The number of amides is 2. The minimum absolute atomic E-state index is 0.0370. The van der Waals surface area contributed by atoms with E-state index >= 15 is 0 Å². The molecule has 0 aliphatic heterocycles. The zero-order chi connectivity index (χ0) is 17.0. The van der Waals surface area contributed by atoms with E-state index in [1.165, 1.54) is 4.90 Å². The van der Waals surface area contributed by atoms with Crippen LogP contribution in [0.2, 0.25) is 0 Å². The number of nitrogens with one attached hydrogen (secondary N) is 1. The summed E-state index contributed by atoms with van der Waals surface area (Å²) in [6.07, 6.45) is -3.07. The Balaban J connectivity index is 1.87. The fourth-order valence-electron chi connectivity index (χ4n) is 1.74. The van der Waals surface area contributed by atoms with Crippen LogP contribution in [0.5, 0.6) is 0 Å². The summed E-state index contributed by atoms with van der Waals surface area (Å²) in [6.45, 7) is 2.39. The average molecular weight is 344 g/mol. The summed E-state index contributed by atoms with van der Waals surface area (Å²) in [7, 11) is 1.64. The number of carbonyl (C=O) groups excluding carboxylic acids is 1. The number of thiophene rings is 1. The van der Waals surface area contributed by atoms with E-state index in [9.17, 15) is 18.0 Å². The Morgan fingerprint density at radius 3 is 2.52 bits per heavy atom. The van der Waals surface area contributed by atoms with Crippen LogP contribution < -0.4 is 5.32 Å². The van der Waals surface area contributed by atoms with Crippen molar-refractivity contribution in [3.05, 3.63) is 45.7 Å². The molecule has 2 amide bonds. The van der Waals surface area contributed by atoms with Crippen LogP contribution in [-0.4, -0.2) is 27.9 Å². The average Bonchev–Trinajstić information content (AvgIpc) is 2.89. The quantitative estimate of drug-likeness (QED) is 0.927. The molecular formula is C14H15F3N4OS. The van der Waals surface area contributed by atoms with E-state index in [4.69, 9.17) is 0 Å². The van der Waals surface area contributed by atoms with Crippen molar-refractivity contribution < 1.29 is 18.0 Å². The topological polar surface area (TPSA) is 58.1 Å². The van der Waals surface area contributed by atoms with Crippen LogP contribution in [-0.2, 0) is 19.3 Å². The van der Waals surface area contributed by atoms with Crippen molar-refractivity contribution in [2.75, 3.05) is 7.05 Å². The van der Waals surface area contributed by atoms with Crippen molar-refractivity contribution >= 4 is 17.4 Å². The molecule has 0 aromatic carbocycles. The van der Waals surface area contributed by atoms with Crippen LogP contribution in [0, 0.1) is 6.92 Å². The smallest absolute Gasteiger partial charge is 0.331 e. The number of aromatic nitrogens is 2. The van der Waals surface area contributed by atoms with Gasteiger partial charge >= 0.3 is 12.2 Å². The van der Waals surface area contributed by atoms with E-state index in [0.717, 1.165) is 10.4 Å². The van der Waals surface area contributed by atoms with Crippen LogP contribution in [0.1, 0.15) is 21.8 Å². The van der Waals surface area contributed by atoms with Crippen LogP contribution >= 0.6 is 11.3 Å². The molecule has 5 nitrogen and oxygen atoms in total. The van der Waals surface area contributed by atoms with Crippen molar-refractivity contribution in [3.63, 3.8) is 0 Å². The van der Waals surface area contributed by atoms with E-state index in [-0.39, 0.29) is 18.4 Å². The van der Waals surface area contributed by atoms with Gasteiger partial charge in [-0.2, -0.15) is 13.2 Å². The van der Waals surface area contributed by atoms with Crippen molar-refractivity contribution in [2.45, 2.75) is 26.2 Å². The second-order valence-corrected chi connectivity index (χ2v) is 5.93. The normalized spacial score (nSPS) is 11.3. The van der Waals surface area contributed by atoms with Crippen LogP contribution in [0.25, 0.3) is 0 Å². The third-order valence-electron chi connectivity index (χ3n) is 3.13. The first-order chi connectivity index (χ1) is 10.8. The minimum Gasteiger partial charge on any atom is -0.331 e. The highest BCUT2D eigenvalue weighted by atomic mass is 32.1. The summed E-state index contributed by atoms with van der Waals surface area (Å²) in [6, 6.07) is 1.63. The number of halogens is 3. The zero-order valence-corrected chi connectivity index (χ0v) is 13.3. The molecule has 9 heteroatoms. The van der Waals surface area contributed by atoms with Gasteiger partial charge in [-0.15, -0.1) is 11.3 Å². The molecule has 2 rings (SSSR count). The van der Waals surface area contributed by atoms with Crippen molar-refractivity contribution in [3.8, 4) is 0 Å². The van der Waals surface area contributed by atoms with Gasteiger partial charge in [0, 0.05) is 24.3 Å². The van der Waals surface area contributed by atoms with Gasteiger partial charge in [-0.3, -0.25) is 0 Å².